The first-order valence-electron chi connectivity index (χ1n) is 18.2. The molecule has 3 aromatic rings. The molecule has 3 rings (SSSR count). The molecule has 0 amide bonds. The van der Waals surface area contributed by atoms with Gasteiger partial charge in [0, 0.05) is 4.47 Å². The quantitative estimate of drug-likeness (QED) is 0.0851. The highest BCUT2D eigenvalue weighted by atomic mass is 79.9. The maximum atomic E-state index is 3.99. The molecule has 0 heterocycles. The maximum absolute atomic E-state index is 3.99. The van der Waals surface area contributed by atoms with E-state index in [1.54, 1.807) is 0 Å². The molecule has 0 fully saturated rings. The summed E-state index contributed by atoms with van der Waals surface area (Å²) in [5, 5.41) is 0. The standard InChI is InChI=1S/C42H61Br/c1-3-5-7-9-11-13-15-17-19-22-28-39-35-42(43)40(29-23-20-18-16-14-12-10-8-6-4-2)34-41(39)38-32-30-37(31-33-38)36-26-24-21-25-27-36/h21,24-27,30-35H,3-20,22-23,28-29H2,1-2H3. The van der Waals surface area contributed by atoms with Crippen molar-refractivity contribution >= 4 is 15.9 Å². The molecule has 0 bridgehead atoms. The van der Waals surface area contributed by atoms with Gasteiger partial charge in [0.25, 0.3) is 0 Å². The van der Waals surface area contributed by atoms with E-state index in [0.29, 0.717) is 0 Å². The smallest absolute Gasteiger partial charge is 0.0210 e. The fourth-order valence-corrected chi connectivity index (χ4v) is 6.99. The molecule has 0 aromatic heterocycles. The topological polar surface area (TPSA) is 0 Å². The molecule has 3 aromatic carbocycles. The lowest BCUT2D eigenvalue weighted by Gasteiger charge is -2.15. The number of hydrogen-bond donors (Lipinski definition) is 0. The van der Waals surface area contributed by atoms with E-state index >= 15 is 0 Å². The molecule has 43 heavy (non-hydrogen) atoms. The molecule has 0 radical (unpaired) electrons. The first kappa shape index (κ1) is 35.6. The lowest BCUT2D eigenvalue weighted by Crippen LogP contribution is -1.97. The van der Waals surface area contributed by atoms with Gasteiger partial charge >= 0.3 is 0 Å². The summed E-state index contributed by atoms with van der Waals surface area (Å²) in [4.78, 5) is 0. The first-order chi connectivity index (χ1) is 21.2. The van der Waals surface area contributed by atoms with Crippen molar-refractivity contribution in [1.29, 1.82) is 0 Å². The second kappa shape index (κ2) is 22.6. The minimum absolute atomic E-state index is 1.17. The van der Waals surface area contributed by atoms with E-state index in [1.807, 2.05) is 0 Å². The van der Waals surface area contributed by atoms with Crippen LogP contribution in [0.15, 0.2) is 71.2 Å². The third kappa shape index (κ3) is 14.2. The van der Waals surface area contributed by atoms with E-state index in [4.69, 9.17) is 0 Å². The molecular formula is C42H61Br. The molecule has 0 nitrogen and oxygen atoms in total. The van der Waals surface area contributed by atoms with Crippen LogP contribution in [0, 0.1) is 0 Å². The highest BCUT2D eigenvalue weighted by Gasteiger charge is 2.11. The molecule has 0 aliphatic heterocycles. The van der Waals surface area contributed by atoms with Gasteiger partial charge in [-0.15, -0.1) is 0 Å². The van der Waals surface area contributed by atoms with Crippen LogP contribution in [0.5, 0.6) is 0 Å². The average Bonchev–Trinajstić information content (AvgIpc) is 3.04. The van der Waals surface area contributed by atoms with E-state index in [0.717, 1.165) is 0 Å². The second-order valence-corrected chi connectivity index (χ2v) is 13.8. The second-order valence-electron chi connectivity index (χ2n) is 12.9. The fourth-order valence-electron chi connectivity index (χ4n) is 6.41. The minimum Gasteiger partial charge on any atom is -0.0654 e. The van der Waals surface area contributed by atoms with Crippen LogP contribution in [0.25, 0.3) is 22.3 Å². The Kier molecular flexibility index (Phi) is 18.7. The molecule has 0 N–H and O–H groups in total. The van der Waals surface area contributed by atoms with Crippen molar-refractivity contribution in [2.75, 3.05) is 0 Å². The molecule has 236 valence electrons. The van der Waals surface area contributed by atoms with Gasteiger partial charge in [-0.1, -0.05) is 200 Å². The summed E-state index contributed by atoms with van der Waals surface area (Å²) in [5.74, 6) is 0. The summed E-state index contributed by atoms with van der Waals surface area (Å²) in [6.45, 7) is 4.60. The van der Waals surface area contributed by atoms with Crippen molar-refractivity contribution < 1.29 is 0 Å². The van der Waals surface area contributed by atoms with E-state index in [9.17, 15) is 0 Å². The number of benzene rings is 3. The Hall–Kier alpha value is -1.86. The number of hydrogen-bond acceptors (Lipinski definition) is 0. The van der Waals surface area contributed by atoms with E-state index in [2.05, 4.69) is 96.5 Å². The zero-order valence-electron chi connectivity index (χ0n) is 27.8. The lowest BCUT2D eigenvalue weighted by molar-refractivity contribution is 0.556. The summed E-state index contributed by atoms with van der Waals surface area (Å²) < 4.78 is 1.31. The highest BCUT2D eigenvalue weighted by Crippen LogP contribution is 2.33. The lowest BCUT2D eigenvalue weighted by atomic mass is 9.91. The van der Waals surface area contributed by atoms with Gasteiger partial charge in [-0.3, -0.25) is 0 Å². The van der Waals surface area contributed by atoms with Crippen molar-refractivity contribution in [3.8, 4) is 22.3 Å². The third-order valence-corrected chi connectivity index (χ3v) is 9.91. The third-order valence-electron chi connectivity index (χ3n) is 9.17. The molecule has 0 atom stereocenters. The van der Waals surface area contributed by atoms with Gasteiger partial charge in [0.1, 0.15) is 0 Å². The van der Waals surface area contributed by atoms with Crippen LogP contribution in [0.1, 0.15) is 153 Å². The van der Waals surface area contributed by atoms with Crippen LogP contribution in [0.4, 0.5) is 0 Å². The van der Waals surface area contributed by atoms with Gasteiger partial charge in [-0.25, -0.2) is 0 Å². The Bertz CT molecular complexity index is 1100. The zero-order chi connectivity index (χ0) is 30.4. The summed E-state index contributed by atoms with van der Waals surface area (Å²) in [7, 11) is 0. The monoisotopic (exact) mass is 644 g/mol. The molecule has 0 unspecified atom stereocenters. The predicted octanol–water partition coefficient (Wildman–Crippen LogP) is 14.7. The van der Waals surface area contributed by atoms with Crippen LogP contribution in [-0.4, -0.2) is 0 Å². The number of halogens is 1. The van der Waals surface area contributed by atoms with Crippen molar-refractivity contribution in [2.24, 2.45) is 0 Å². The average molecular weight is 646 g/mol. The summed E-state index contributed by atoms with van der Waals surface area (Å²) in [6.07, 6.45) is 30.1. The van der Waals surface area contributed by atoms with Gasteiger partial charge in [-0.05, 0) is 71.2 Å². The summed E-state index contributed by atoms with van der Waals surface area (Å²) >= 11 is 3.99. The van der Waals surface area contributed by atoms with Gasteiger partial charge < -0.3 is 0 Å². The summed E-state index contributed by atoms with van der Waals surface area (Å²) in [5.41, 5.74) is 8.37. The van der Waals surface area contributed by atoms with Crippen LogP contribution in [-0.2, 0) is 12.8 Å². The van der Waals surface area contributed by atoms with Gasteiger partial charge in [0.15, 0.2) is 0 Å². The Morgan fingerprint density at radius 3 is 1.28 bits per heavy atom. The van der Waals surface area contributed by atoms with Gasteiger partial charge in [-0.2, -0.15) is 0 Å². The Labute approximate surface area is 274 Å². The van der Waals surface area contributed by atoms with Crippen LogP contribution in [0.3, 0.4) is 0 Å². The summed E-state index contributed by atoms with van der Waals surface area (Å²) in [6, 6.07) is 25.0. The fraction of sp³-hybridized carbons (Fsp3) is 0.571. The van der Waals surface area contributed by atoms with Crippen molar-refractivity contribution in [2.45, 2.75) is 155 Å². The molecule has 0 aliphatic rings. The highest BCUT2D eigenvalue weighted by molar-refractivity contribution is 9.10. The Morgan fingerprint density at radius 1 is 0.395 bits per heavy atom. The largest absolute Gasteiger partial charge is 0.0654 e. The van der Waals surface area contributed by atoms with E-state index in [-0.39, 0.29) is 0 Å². The van der Waals surface area contributed by atoms with Crippen LogP contribution >= 0.6 is 15.9 Å². The predicted molar refractivity (Wildman–Crippen MR) is 196 cm³/mol. The number of unbranched alkanes of at least 4 members (excludes halogenated alkanes) is 18. The molecule has 1 heteroatoms. The minimum atomic E-state index is 1.17. The van der Waals surface area contributed by atoms with Crippen molar-refractivity contribution in [3.05, 3.63) is 82.3 Å². The molecule has 0 saturated carbocycles. The number of aryl methyl sites for hydroxylation is 2. The van der Waals surface area contributed by atoms with E-state index in [1.165, 1.54) is 179 Å². The van der Waals surface area contributed by atoms with Gasteiger partial charge in [0.2, 0.25) is 0 Å². The normalized spacial score (nSPS) is 11.3. The molecule has 0 spiro atoms. The first-order valence-corrected chi connectivity index (χ1v) is 19.0. The zero-order valence-corrected chi connectivity index (χ0v) is 29.4. The van der Waals surface area contributed by atoms with Gasteiger partial charge in [0.05, 0.1) is 0 Å². The molecule has 0 saturated heterocycles. The van der Waals surface area contributed by atoms with Crippen LogP contribution < -0.4 is 0 Å². The van der Waals surface area contributed by atoms with Crippen molar-refractivity contribution in [1.82, 2.24) is 0 Å². The SMILES string of the molecule is CCCCCCCCCCCCc1cc(-c2ccc(-c3ccccc3)cc2)c(CCCCCCCCCCCC)cc1Br. The Morgan fingerprint density at radius 2 is 0.791 bits per heavy atom. The maximum Gasteiger partial charge on any atom is 0.0210 e. The van der Waals surface area contributed by atoms with Crippen LogP contribution in [0.2, 0.25) is 0 Å². The molecule has 0 aliphatic carbocycles. The van der Waals surface area contributed by atoms with Crippen molar-refractivity contribution in [3.63, 3.8) is 0 Å². The van der Waals surface area contributed by atoms with E-state index < -0.39 is 0 Å². The number of rotatable bonds is 24. The Balaban J connectivity index is 1.56. The molecular weight excluding hydrogens is 584 g/mol.